The van der Waals surface area contributed by atoms with E-state index < -0.39 is 0 Å². The van der Waals surface area contributed by atoms with E-state index in [1.165, 1.54) is 0 Å². The molecule has 0 aliphatic rings. The summed E-state index contributed by atoms with van der Waals surface area (Å²) in [5.74, 6) is 0.535. The first-order chi connectivity index (χ1) is 8.63. The van der Waals surface area contributed by atoms with Crippen molar-refractivity contribution in [3.63, 3.8) is 0 Å². The van der Waals surface area contributed by atoms with Crippen LogP contribution in [0.25, 0.3) is 0 Å². The van der Waals surface area contributed by atoms with E-state index in [-0.39, 0.29) is 0 Å². The van der Waals surface area contributed by atoms with Crippen LogP contribution in [0.3, 0.4) is 0 Å². The zero-order valence-electron chi connectivity index (χ0n) is 11.2. The van der Waals surface area contributed by atoms with E-state index in [4.69, 9.17) is 5.73 Å². The van der Waals surface area contributed by atoms with Gasteiger partial charge >= 0.3 is 0 Å². The fourth-order valence-electron chi connectivity index (χ4n) is 2.04. The Hall–Kier alpha value is -1.85. The van der Waals surface area contributed by atoms with E-state index in [9.17, 15) is 0 Å². The molecule has 2 N–H and O–H groups in total. The Balaban J connectivity index is 2.26. The molecule has 0 aromatic carbocycles. The molecule has 0 saturated heterocycles. The summed E-state index contributed by atoms with van der Waals surface area (Å²) in [7, 11) is 0. The first kappa shape index (κ1) is 12.6. The van der Waals surface area contributed by atoms with Crippen molar-refractivity contribution in [1.29, 1.82) is 0 Å². The van der Waals surface area contributed by atoms with Crippen LogP contribution in [-0.4, -0.2) is 24.5 Å². The van der Waals surface area contributed by atoms with Crippen LogP contribution in [0.5, 0.6) is 0 Å². The van der Waals surface area contributed by atoms with Crippen molar-refractivity contribution in [3.05, 3.63) is 23.9 Å². The van der Waals surface area contributed by atoms with Gasteiger partial charge < -0.3 is 10.3 Å². The van der Waals surface area contributed by atoms with Crippen molar-refractivity contribution in [1.82, 2.24) is 24.5 Å². The van der Waals surface area contributed by atoms with Crippen LogP contribution in [0.4, 0.5) is 5.82 Å². The van der Waals surface area contributed by atoms with Crippen LogP contribution in [0.15, 0.2) is 12.5 Å². The van der Waals surface area contributed by atoms with Gasteiger partial charge in [0.1, 0.15) is 0 Å². The third-order valence-electron chi connectivity index (χ3n) is 2.97. The van der Waals surface area contributed by atoms with Crippen molar-refractivity contribution in [2.45, 2.75) is 46.2 Å². The Kier molecular flexibility index (Phi) is 3.64. The fourth-order valence-corrected chi connectivity index (χ4v) is 2.04. The smallest absolute Gasteiger partial charge is 0.169 e. The van der Waals surface area contributed by atoms with E-state index in [2.05, 4.69) is 40.6 Å². The average Bonchev–Trinajstić information content (AvgIpc) is 2.91. The van der Waals surface area contributed by atoms with Gasteiger partial charge in [0.05, 0.1) is 30.5 Å². The van der Waals surface area contributed by atoms with E-state index in [1.54, 1.807) is 0 Å². The number of hydrogen-bond donors (Lipinski definition) is 1. The van der Waals surface area contributed by atoms with Crippen molar-refractivity contribution in [2.75, 3.05) is 5.73 Å². The fraction of sp³-hybridized carbons (Fsp3) is 0.583. The summed E-state index contributed by atoms with van der Waals surface area (Å²) < 4.78 is 4.00. The lowest BCUT2D eigenvalue weighted by Gasteiger charge is -2.12. The Morgan fingerprint density at radius 2 is 2.17 bits per heavy atom. The number of nitrogens with zero attached hydrogens (tertiary/aromatic N) is 5. The molecule has 0 amide bonds. The normalized spacial score (nSPS) is 11.3. The van der Waals surface area contributed by atoms with Gasteiger partial charge in [0.15, 0.2) is 5.82 Å². The van der Waals surface area contributed by atoms with Gasteiger partial charge in [0.2, 0.25) is 0 Å². The van der Waals surface area contributed by atoms with Gasteiger partial charge in [0.25, 0.3) is 0 Å². The van der Waals surface area contributed by atoms with Crippen molar-refractivity contribution >= 4 is 5.82 Å². The topological polar surface area (TPSA) is 74.6 Å². The maximum atomic E-state index is 5.84. The minimum absolute atomic E-state index is 0.387. The van der Waals surface area contributed by atoms with Crippen LogP contribution in [0, 0.1) is 0 Å². The van der Waals surface area contributed by atoms with E-state index >= 15 is 0 Å². The molecule has 0 aliphatic carbocycles. The van der Waals surface area contributed by atoms with Crippen LogP contribution >= 0.6 is 0 Å². The molecule has 0 radical (unpaired) electrons. The molecule has 0 saturated carbocycles. The molecular weight excluding hydrogens is 228 g/mol. The zero-order chi connectivity index (χ0) is 13.1. The molecule has 2 rings (SSSR count). The van der Waals surface area contributed by atoms with Crippen molar-refractivity contribution < 1.29 is 0 Å². The average molecular weight is 248 g/mol. The number of rotatable bonds is 5. The summed E-state index contributed by atoms with van der Waals surface area (Å²) in [4.78, 5) is 4.19. The SMILES string of the molecule is CCCc1c(N)nnn1Cc1cncn1C(C)C. The first-order valence-corrected chi connectivity index (χ1v) is 6.32. The highest BCUT2D eigenvalue weighted by Crippen LogP contribution is 2.14. The number of nitrogens with two attached hydrogens (primary N) is 1. The lowest BCUT2D eigenvalue weighted by atomic mass is 10.2. The molecule has 0 spiro atoms. The Morgan fingerprint density at radius 1 is 1.39 bits per heavy atom. The minimum atomic E-state index is 0.387. The van der Waals surface area contributed by atoms with E-state index in [0.717, 1.165) is 24.2 Å². The molecule has 0 bridgehead atoms. The van der Waals surface area contributed by atoms with Crippen LogP contribution in [0.1, 0.15) is 44.6 Å². The Bertz CT molecular complexity index is 510. The van der Waals surface area contributed by atoms with Gasteiger partial charge in [-0.25, -0.2) is 9.67 Å². The molecule has 0 unspecified atom stereocenters. The molecule has 2 aromatic heterocycles. The molecule has 98 valence electrons. The molecule has 2 aromatic rings. The minimum Gasteiger partial charge on any atom is -0.381 e. The standard InChI is InChI=1S/C12H20N6/c1-4-5-11-12(13)15-16-18(11)7-10-6-14-8-17(10)9(2)3/h6,8-9H,4-5,7,13H2,1-3H3. The highest BCUT2D eigenvalue weighted by molar-refractivity contribution is 5.33. The summed E-state index contributed by atoms with van der Waals surface area (Å²) in [6, 6.07) is 0.387. The van der Waals surface area contributed by atoms with E-state index in [0.29, 0.717) is 18.4 Å². The van der Waals surface area contributed by atoms with Gasteiger partial charge in [-0.05, 0) is 20.3 Å². The van der Waals surface area contributed by atoms with Crippen molar-refractivity contribution in [2.24, 2.45) is 0 Å². The molecule has 0 atom stereocenters. The highest BCUT2D eigenvalue weighted by Gasteiger charge is 2.12. The molecule has 0 aliphatic heterocycles. The maximum Gasteiger partial charge on any atom is 0.169 e. The number of anilines is 1. The maximum absolute atomic E-state index is 5.84. The van der Waals surface area contributed by atoms with Gasteiger partial charge in [-0.2, -0.15) is 0 Å². The Labute approximate surface area is 107 Å². The monoisotopic (exact) mass is 248 g/mol. The highest BCUT2D eigenvalue weighted by atomic mass is 15.4. The predicted molar refractivity (Wildman–Crippen MR) is 70.1 cm³/mol. The number of imidazole rings is 1. The first-order valence-electron chi connectivity index (χ1n) is 6.32. The quantitative estimate of drug-likeness (QED) is 0.872. The molecule has 18 heavy (non-hydrogen) atoms. The third-order valence-corrected chi connectivity index (χ3v) is 2.97. The Morgan fingerprint density at radius 3 is 2.83 bits per heavy atom. The molecule has 6 heteroatoms. The lowest BCUT2D eigenvalue weighted by Crippen LogP contribution is -2.12. The third kappa shape index (κ3) is 2.37. The van der Waals surface area contributed by atoms with Gasteiger partial charge in [0, 0.05) is 6.04 Å². The van der Waals surface area contributed by atoms with Crippen LogP contribution in [0.2, 0.25) is 0 Å². The van der Waals surface area contributed by atoms with Crippen LogP contribution in [-0.2, 0) is 13.0 Å². The summed E-state index contributed by atoms with van der Waals surface area (Å²) >= 11 is 0. The molecule has 2 heterocycles. The largest absolute Gasteiger partial charge is 0.381 e. The number of aromatic nitrogens is 5. The van der Waals surface area contributed by atoms with E-state index in [1.807, 2.05) is 17.2 Å². The number of nitrogen functional groups attached to an aromatic ring is 1. The summed E-state index contributed by atoms with van der Waals surface area (Å²) in [6.45, 7) is 7.05. The van der Waals surface area contributed by atoms with Crippen LogP contribution < -0.4 is 5.73 Å². The molecule has 0 fully saturated rings. The lowest BCUT2D eigenvalue weighted by molar-refractivity contribution is 0.532. The summed E-state index contributed by atoms with van der Waals surface area (Å²) in [5, 5.41) is 8.06. The summed E-state index contributed by atoms with van der Waals surface area (Å²) in [6.07, 6.45) is 5.64. The second-order valence-corrected chi connectivity index (χ2v) is 4.72. The predicted octanol–water partition coefficient (Wildman–Crippen LogP) is 1.64. The second kappa shape index (κ2) is 5.20. The summed E-state index contributed by atoms with van der Waals surface area (Å²) in [5.41, 5.74) is 7.96. The van der Waals surface area contributed by atoms with Gasteiger partial charge in [-0.15, -0.1) is 5.10 Å². The van der Waals surface area contributed by atoms with Gasteiger partial charge in [-0.3, -0.25) is 0 Å². The number of hydrogen-bond acceptors (Lipinski definition) is 4. The van der Waals surface area contributed by atoms with Gasteiger partial charge in [-0.1, -0.05) is 18.6 Å². The zero-order valence-corrected chi connectivity index (χ0v) is 11.2. The molecular formula is C12H20N6. The van der Waals surface area contributed by atoms with Crippen molar-refractivity contribution in [3.8, 4) is 0 Å². The second-order valence-electron chi connectivity index (χ2n) is 4.72. The molecule has 6 nitrogen and oxygen atoms in total.